The van der Waals surface area contributed by atoms with Crippen molar-refractivity contribution in [2.45, 2.75) is 13.3 Å². The van der Waals surface area contributed by atoms with E-state index >= 15 is 0 Å². The van der Waals surface area contributed by atoms with Crippen LogP contribution in [0.4, 0.5) is 0 Å². The molecule has 0 heterocycles. The second kappa shape index (κ2) is 2.70. The lowest BCUT2D eigenvalue weighted by Crippen LogP contribution is -1.62. The van der Waals surface area contributed by atoms with Crippen LogP contribution in [0.3, 0.4) is 0 Å². The summed E-state index contributed by atoms with van der Waals surface area (Å²) in [5, 5.41) is 0. The van der Waals surface area contributed by atoms with Crippen molar-refractivity contribution in [3.05, 3.63) is 24.8 Å². The van der Waals surface area contributed by atoms with Gasteiger partial charge < -0.3 is 0 Å². The molecule has 0 rings (SSSR count). The Hall–Kier alpha value is -0.520. The van der Waals surface area contributed by atoms with Crippen molar-refractivity contribution in [1.29, 1.82) is 0 Å². The topological polar surface area (TPSA) is 0 Å². The summed E-state index contributed by atoms with van der Waals surface area (Å²) in [6, 6.07) is 0. The molecule has 0 fully saturated rings. The minimum atomic E-state index is 0.833. The van der Waals surface area contributed by atoms with Gasteiger partial charge in [0.25, 0.3) is 0 Å². The first-order valence-corrected chi connectivity index (χ1v) is 1.95. The maximum atomic E-state index is 5.04. The first kappa shape index (κ1) is 5.48. The molecule has 0 aliphatic carbocycles. The Morgan fingerprint density at radius 2 is 2.50 bits per heavy atom. The van der Waals surface area contributed by atoms with E-state index in [-0.39, 0.29) is 0 Å². The van der Waals surface area contributed by atoms with Crippen LogP contribution >= 0.6 is 0 Å². The van der Waals surface area contributed by atoms with Crippen LogP contribution in [0.15, 0.2) is 18.2 Å². The molecule has 0 amide bonds. The van der Waals surface area contributed by atoms with E-state index in [1.807, 2.05) is 6.92 Å². The van der Waals surface area contributed by atoms with E-state index in [2.05, 4.69) is 6.58 Å². The third kappa shape index (κ3) is 3.48. The number of rotatable bonds is 2. The van der Waals surface area contributed by atoms with Crippen molar-refractivity contribution in [2.75, 3.05) is 0 Å². The van der Waals surface area contributed by atoms with Crippen LogP contribution < -0.4 is 0 Å². The first-order valence-electron chi connectivity index (χ1n) is 1.95. The van der Waals surface area contributed by atoms with E-state index in [1.165, 1.54) is 0 Å². The van der Waals surface area contributed by atoms with Crippen LogP contribution in [-0.2, 0) is 0 Å². The lowest BCUT2D eigenvalue weighted by Gasteiger charge is -1.82. The summed E-state index contributed by atoms with van der Waals surface area (Å²) in [6.07, 6.45) is 2.43. The molecule has 0 heteroatoms. The van der Waals surface area contributed by atoms with E-state index in [0.29, 0.717) is 0 Å². The molecule has 6 heavy (non-hydrogen) atoms. The predicted molar refractivity (Wildman–Crippen MR) is 28.3 cm³/mol. The third-order valence-corrected chi connectivity index (χ3v) is 0.466. The minimum Gasteiger partial charge on any atom is -0.0998 e. The standard InChI is InChI=1S/C6H9/c1-4-5-6(2)3/h1,4H,2,5H2,3H3. The summed E-state index contributed by atoms with van der Waals surface area (Å²) in [5.41, 5.74) is 1.11. The van der Waals surface area contributed by atoms with Crippen LogP contribution in [0.1, 0.15) is 13.3 Å². The highest BCUT2D eigenvalue weighted by molar-refractivity contribution is 4.93. The third-order valence-electron chi connectivity index (χ3n) is 0.466. The monoisotopic (exact) mass is 81.1 g/mol. The lowest BCUT2D eigenvalue weighted by atomic mass is 10.2. The van der Waals surface area contributed by atoms with Gasteiger partial charge >= 0.3 is 0 Å². The number of allylic oxidation sites excluding steroid dienone is 2. The van der Waals surface area contributed by atoms with E-state index in [0.717, 1.165) is 12.0 Å². The maximum absolute atomic E-state index is 5.04. The van der Waals surface area contributed by atoms with Gasteiger partial charge in [-0.25, -0.2) is 0 Å². The molecule has 0 unspecified atom stereocenters. The molecular formula is C6H9. The average Bonchev–Trinajstić information content (AvgIpc) is 1.35. The normalized spacial score (nSPS) is 7.50. The largest absolute Gasteiger partial charge is 0.0998 e. The summed E-state index contributed by atoms with van der Waals surface area (Å²) in [4.78, 5) is 0. The number of hydrogen-bond donors (Lipinski definition) is 0. The Bertz CT molecular complexity index is 60.4. The van der Waals surface area contributed by atoms with Gasteiger partial charge in [0.1, 0.15) is 0 Å². The molecule has 0 saturated carbocycles. The Kier molecular flexibility index (Phi) is 2.47. The molecule has 0 spiro atoms. The van der Waals surface area contributed by atoms with Crippen molar-refractivity contribution in [2.24, 2.45) is 0 Å². The molecule has 0 nitrogen and oxygen atoms in total. The fraction of sp³-hybridized carbons (Fsp3) is 0.333. The smallest absolute Gasteiger partial charge is 0.0141 e. The molecule has 0 aromatic heterocycles. The van der Waals surface area contributed by atoms with Gasteiger partial charge in [-0.2, -0.15) is 0 Å². The Balaban J connectivity index is 3.05. The highest BCUT2D eigenvalue weighted by Crippen LogP contribution is 1.92. The Morgan fingerprint density at radius 1 is 2.00 bits per heavy atom. The van der Waals surface area contributed by atoms with Gasteiger partial charge in [-0.05, 0) is 13.3 Å². The number of hydrogen-bond acceptors (Lipinski definition) is 0. The molecule has 0 atom stereocenters. The van der Waals surface area contributed by atoms with Gasteiger partial charge in [-0.3, -0.25) is 0 Å². The maximum Gasteiger partial charge on any atom is -0.0141 e. The zero-order chi connectivity index (χ0) is 4.99. The Morgan fingerprint density at radius 3 is 2.50 bits per heavy atom. The van der Waals surface area contributed by atoms with Crippen molar-refractivity contribution in [1.82, 2.24) is 0 Å². The molecule has 0 N–H and O–H groups in total. The molecule has 1 radical (unpaired) electrons. The van der Waals surface area contributed by atoms with Gasteiger partial charge in [0, 0.05) is 0 Å². The molecule has 33 valence electrons. The lowest BCUT2D eigenvalue weighted by molar-refractivity contribution is 1.23. The van der Waals surface area contributed by atoms with Crippen LogP contribution in [0.5, 0.6) is 0 Å². The average molecular weight is 81.1 g/mol. The van der Waals surface area contributed by atoms with E-state index in [1.54, 1.807) is 6.08 Å². The summed E-state index contributed by atoms with van der Waals surface area (Å²) in [7, 11) is 0. The van der Waals surface area contributed by atoms with Crippen LogP contribution in [-0.4, -0.2) is 0 Å². The Labute approximate surface area is 39.2 Å². The predicted octanol–water partition coefficient (Wildman–Crippen LogP) is 1.94. The van der Waals surface area contributed by atoms with Gasteiger partial charge in [0.05, 0.1) is 0 Å². The molecule has 0 bridgehead atoms. The van der Waals surface area contributed by atoms with Crippen molar-refractivity contribution >= 4 is 0 Å². The molecule has 0 aliphatic rings. The van der Waals surface area contributed by atoms with Gasteiger partial charge in [-0.1, -0.05) is 24.8 Å². The van der Waals surface area contributed by atoms with Crippen molar-refractivity contribution < 1.29 is 0 Å². The molecule has 0 aromatic carbocycles. The quantitative estimate of drug-likeness (QED) is 0.445. The second-order valence-electron chi connectivity index (χ2n) is 1.40. The van der Waals surface area contributed by atoms with Crippen molar-refractivity contribution in [3.63, 3.8) is 0 Å². The fourth-order valence-corrected chi connectivity index (χ4v) is 0.201. The molecule has 0 aromatic rings. The zero-order valence-corrected chi connectivity index (χ0v) is 4.07. The SMILES string of the molecule is [CH]=CCC(=C)C. The molecular weight excluding hydrogens is 72.1 g/mol. The molecule has 0 saturated heterocycles. The zero-order valence-electron chi connectivity index (χ0n) is 4.07. The van der Waals surface area contributed by atoms with Gasteiger partial charge in [0.2, 0.25) is 0 Å². The summed E-state index contributed by atoms with van der Waals surface area (Å²) < 4.78 is 0. The second-order valence-corrected chi connectivity index (χ2v) is 1.40. The summed E-state index contributed by atoms with van der Waals surface area (Å²) in [5.74, 6) is 0. The van der Waals surface area contributed by atoms with Gasteiger partial charge in [-0.15, -0.1) is 0 Å². The first-order chi connectivity index (χ1) is 2.77. The summed E-state index contributed by atoms with van der Waals surface area (Å²) in [6.45, 7) is 10.6. The summed E-state index contributed by atoms with van der Waals surface area (Å²) >= 11 is 0. The van der Waals surface area contributed by atoms with E-state index < -0.39 is 0 Å². The minimum absolute atomic E-state index is 0.833. The van der Waals surface area contributed by atoms with Crippen molar-refractivity contribution in [3.8, 4) is 0 Å². The highest BCUT2D eigenvalue weighted by Gasteiger charge is 1.71. The van der Waals surface area contributed by atoms with Crippen LogP contribution in [0.2, 0.25) is 0 Å². The fourth-order valence-electron chi connectivity index (χ4n) is 0.201. The van der Waals surface area contributed by atoms with Crippen LogP contribution in [0.25, 0.3) is 0 Å². The van der Waals surface area contributed by atoms with Gasteiger partial charge in [0.15, 0.2) is 0 Å². The van der Waals surface area contributed by atoms with E-state index in [9.17, 15) is 0 Å². The van der Waals surface area contributed by atoms with E-state index in [4.69, 9.17) is 6.58 Å². The molecule has 0 aliphatic heterocycles. The highest BCUT2D eigenvalue weighted by atomic mass is 13.8. The van der Waals surface area contributed by atoms with Crippen LogP contribution in [0, 0.1) is 6.58 Å².